The minimum atomic E-state index is -0.936. The molecule has 0 saturated heterocycles. The maximum Gasteiger partial charge on any atom is 0.226 e. The van der Waals surface area contributed by atoms with E-state index in [0.29, 0.717) is 11.9 Å². The molecule has 0 aromatic carbocycles. The molecule has 1 aromatic heterocycles. The molecule has 82 valence electrons. The highest BCUT2D eigenvalue weighted by Gasteiger charge is 2.13. The minimum Gasteiger partial charge on any atom is -0.346 e. The van der Waals surface area contributed by atoms with Crippen LogP contribution in [-0.2, 0) is 4.79 Å². The summed E-state index contributed by atoms with van der Waals surface area (Å²) in [6.45, 7) is 0.169. The Kier molecular flexibility index (Phi) is 2.72. The van der Waals surface area contributed by atoms with Gasteiger partial charge >= 0.3 is 0 Å². The number of halogens is 2. The van der Waals surface area contributed by atoms with Crippen LogP contribution in [0.15, 0.2) is 28.9 Å². The summed E-state index contributed by atoms with van der Waals surface area (Å²) >= 11 is 0. The van der Waals surface area contributed by atoms with E-state index in [4.69, 9.17) is 0 Å². The Balaban J connectivity index is 2.27. The van der Waals surface area contributed by atoms with Crippen molar-refractivity contribution in [2.24, 2.45) is 4.99 Å². The van der Waals surface area contributed by atoms with Crippen LogP contribution in [0, 0.1) is 11.9 Å². The standard InChI is InChI=1S/C10H7F2N3O/c11-8-2-1-7(9(12)15-8)10-13-3-6(5-16)4-14-10/h1-3,5H,4H2,(H,13,14). The van der Waals surface area contributed by atoms with Gasteiger partial charge in [-0.2, -0.15) is 13.8 Å². The van der Waals surface area contributed by atoms with Gasteiger partial charge in [0, 0.05) is 11.8 Å². The fraction of sp³-hybridized carbons (Fsp3) is 0.100. The Morgan fingerprint density at radius 3 is 2.75 bits per heavy atom. The van der Waals surface area contributed by atoms with Gasteiger partial charge in [-0.05, 0) is 12.1 Å². The molecule has 0 saturated carbocycles. The molecule has 0 atom stereocenters. The van der Waals surface area contributed by atoms with Crippen molar-refractivity contribution >= 4 is 12.1 Å². The highest BCUT2D eigenvalue weighted by atomic mass is 19.1. The van der Waals surface area contributed by atoms with Gasteiger partial charge in [0.15, 0.2) is 0 Å². The molecule has 0 unspecified atom stereocenters. The summed E-state index contributed by atoms with van der Waals surface area (Å²) in [6, 6.07) is 2.28. The zero-order valence-corrected chi connectivity index (χ0v) is 8.08. The summed E-state index contributed by atoms with van der Waals surface area (Å²) in [5.41, 5.74) is 0.529. The average Bonchev–Trinajstić information content (AvgIpc) is 2.29. The number of amidine groups is 1. The van der Waals surface area contributed by atoms with Crippen molar-refractivity contribution in [3.63, 3.8) is 0 Å². The highest BCUT2D eigenvalue weighted by Crippen LogP contribution is 2.09. The summed E-state index contributed by atoms with van der Waals surface area (Å²) in [5.74, 6) is -1.59. The smallest absolute Gasteiger partial charge is 0.226 e. The number of hydrogen-bond donors (Lipinski definition) is 1. The molecular formula is C10H7F2N3O. The molecule has 1 aromatic rings. The topological polar surface area (TPSA) is 54.4 Å². The van der Waals surface area contributed by atoms with E-state index < -0.39 is 11.9 Å². The van der Waals surface area contributed by atoms with E-state index in [2.05, 4.69) is 15.3 Å². The lowest BCUT2D eigenvalue weighted by Crippen LogP contribution is -2.25. The molecule has 1 N–H and O–H groups in total. The predicted molar refractivity (Wildman–Crippen MR) is 52.8 cm³/mol. The Labute approximate surface area is 89.7 Å². The minimum absolute atomic E-state index is 0.0719. The first-order valence-electron chi connectivity index (χ1n) is 4.48. The van der Waals surface area contributed by atoms with Crippen LogP contribution < -0.4 is 5.32 Å². The first-order chi connectivity index (χ1) is 7.70. The molecule has 0 aliphatic carbocycles. The molecule has 0 fully saturated rings. The number of carbonyl (C=O) groups is 1. The summed E-state index contributed by atoms with van der Waals surface area (Å²) in [6.07, 6.45) is 2.09. The van der Waals surface area contributed by atoms with Crippen molar-refractivity contribution in [3.8, 4) is 0 Å². The molecule has 0 radical (unpaired) electrons. The Morgan fingerprint density at radius 2 is 2.19 bits per heavy atom. The fourth-order valence-corrected chi connectivity index (χ4v) is 1.25. The van der Waals surface area contributed by atoms with E-state index in [-0.39, 0.29) is 17.9 Å². The van der Waals surface area contributed by atoms with Crippen LogP contribution in [0.25, 0.3) is 0 Å². The zero-order chi connectivity index (χ0) is 11.5. The van der Waals surface area contributed by atoms with Gasteiger partial charge in [0.2, 0.25) is 11.9 Å². The molecule has 2 heterocycles. The lowest BCUT2D eigenvalue weighted by Gasteiger charge is -2.12. The monoisotopic (exact) mass is 223 g/mol. The van der Waals surface area contributed by atoms with Crippen molar-refractivity contribution < 1.29 is 13.6 Å². The maximum atomic E-state index is 13.3. The van der Waals surface area contributed by atoms with Crippen LogP contribution in [0.3, 0.4) is 0 Å². The van der Waals surface area contributed by atoms with E-state index >= 15 is 0 Å². The van der Waals surface area contributed by atoms with E-state index in [1.165, 1.54) is 12.3 Å². The number of carbonyl (C=O) groups excluding carboxylic acids is 1. The number of aliphatic imine (C=N–C) groups is 1. The van der Waals surface area contributed by atoms with Gasteiger partial charge in [-0.3, -0.25) is 9.79 Å². The number of aromatic nitrogens is 1. The normalized spacial score (nSPS) is 14.9. The van der Waals surface area contributed by atoms with Crippen molar-refractivity contribution in [1.82, 2.24) is 10.3 Å². The molecule has 16 heavy (non-hydrogen) atoms. The maximum absolute atomic E-state index is 13.3. The average molecular weight is 223 g/mol. The van der Waals surface area contributed by atoms with E-state index in [1.807, 2.05) is 0 Å². The lowest BCUT2D eigenvalue weighted by atomic mass is 10.2. The second-order valence-corrected chi connectivity index (χ2v) is 3.12. The molecule has 0 spiro atoms. The van der Waals surface area contributed by atoms with E-state index in [0.717, 1.165) is 6.07 Å². The Hall–Kier alpha value is -2.11. The van der Waals surface area contributed by atoms with Crippen molar-refractivity contribution in [1.29, 1.82) is 0 Å². The zero-order valence-electron chi connectivity index (χ0n) is 8.08. The first kappa shape index (κ1) is 10.4. The number of nitrogens with one attached hydrogen (secondary N) is 1. The molecule has 4 nitrogen and oxygen atoms in total. The number of hydrogen-bond acceptors (Lipinski definition) is 4. The SMILES string of the molecule is O=CC1=CNC(c2ccc(F)nc2F)=NC1. The Bertz CT molecular complexity index is 497. The lowest BCUT2D eigenvalue weighted by molar-refractivity contribution is -0.104. The van der Waals surface area contributed by atoms with Crippen molar-refractivity contribution in [2.75, 3.05) is 6.54 Å². The highest BCUT2D eigenvalue weighted by molar-refractivity contribution is 6.00. The quantitative estimate of drug-likeness (QED) is 0.595. The second kappa shape index (κ2) is 4.18. The van der Waals surface area contributed by atoms with Crippen LogP contribution in [0.5, 0.6) is 0 Å². The van der Waals surface area contributed by atoms with Crippen molar-refractivity contribution in [3.05, 3.63) is 41.4 Å². The van der Waals surface area contributed by atoms with E-state index in [9.17, 15) is 13.6 Å². The van der Waals surface area contributed by atoms with Crippen LogP contribution in [0.4, 0.5) is 8.78 Å². The summed E-state index contributed by atoms with van der Waals surface area (Å²) in [5, 5.41) is 2.65. The van der Waals surface area contributed by atoms with Gasteiger partial charge in [0.05, 0.1) is 12.1 Å². The fourth-order valence-electron chi connectivity index (χ4n) is 1.25. The third-order valence-electron chi connectivity index (χ3n) is 2.04. The van der Waals surface area contributed by atoms with Gasteiger partial charge in [-0.25, -0.2) is 0 Å². The molecule has 1 aliphatic heterocycles. The number of pyridine rings is 1. The molecule has 2 rings (SSSR count). The largest absolute Gasteiger partial charge is 0.346 e. The van der Waals surface area contributed by atoms with Gasteiger partial charge in [0.25, 0.3) is 0 Å². The summed E-state index contributed by atoms with van der Waals surface area (Å²) in [7, 11) is 0. The molecule has 0 amide bonds. The Morgan fingerprint density at radius 1 is 1.38 bits per heavy atom. The number of aldehydes is 1. The number of rotatable bonds is 2. The van der Waals surface area contributed by atoms with Gasteiger partial charge < -0.3 is 5.32 Å². The summed E-state index contributed by atoms with van der Waals surface area (Å²) < 4.78 is 25.8. The molecule has 6 heteroatoms. The molecule has 0 bridgehead atoms. The third kappa shape index (κ3) is 1.95. The van der Waals surface area contributed by atoms with Gasteiger partial charge in [0.1, 0.15) is 12.1 Å². The van der Waals surface area contributed by atoms with Crippen molar-refractivity contribution in [2.45, 2.75) is 0 Å². The van der Waals surface area contributed by atoms with Crippen LogP contribution in [0.2, 0.25) is 0 Å². The molecule has 1 aliphatic rings. The number of nitrogens with zero attached hydrogens (tertiary/aromatic N) is 2. The van der Waals surface area contributed by atoms with Gasteiger partial charge in [-0.1, -0.05) is 0 Å². The van der Waals surface area contributed by atoms with Crippen LogP contribution >= 0.6 is 0 Å². The first-order valence-corrected chi connectivity index (χ1v) is 4.48. The second-order valence-electron chi connectivity index (χ2n) is 3.12. The third-order valence-corrected chi connectivity index (χ3v) is 2.04. The molecular weight excluding hydrogens is 216 g/mol. The summed E-state index contributed by atoms with van der Waals surface area (Å²) in [4.78, 5) is 17.4. The van der Waals surface area contributed by atoms with Crippen LogP contribution in [0.1, 0.15) is 5.56 Å². The van der Waals surface area contributed by atoms with E-state index in [1.54, 1.807) is 0 Å². The van der Waals surface area contributed by atoms with Gasteiger partial charge in [-0.15, -0.1) is 0 Å². The predicted octanol–water partition coefficient (Wildman–Crippen LogP) is 0.792. The van der Waals surface area contributed by atoms with Crippen LogP contribution in [-0.4, -0.2) is 23.7 Å².